The highest BCUT2D eigenvalue weighted by atomic mass is 32.1. The molecule has 0 bridgehead atoms. The first-order valence-electron chi connectivity index (χ1n) is 11.0. The zero-order valence-corrected chi connectivity index (χ0v) is 19.5. The molecule has 2 rings (SSSR count). The minimum absolute atomic E-state index is 0.125. The van der Waals surface area contributed by atoms with Crippen LogP contribution in [0.1, 0.15) is 57.6 Å². The molecule has 1 N–H and O–H groups in total. The van der Waals surface area contributed by atoms with Crippen molar-refractivity contribution in [1.82, 2.24) is 5.32 Å². The predicted molar refractivity (Wildman–Crippen MR) is 129 cm³/mol. The smallest absolute Gasteiger partial charge is 0.318 e. The van der Waals surface area contributed by atoms with Gasteiger partial charge in [-0.05, 0) is 24.8 Å². The van der Waals surface area contributed by atoms with Gasteiger partial charge in [-0.2, -0.15) is 0 Å². The molecule has 31 heavy (non-hydrogen) atoms. The number of unbranched alkanes of at least 4 members (excludes halogenated alkanes) is 1. The van der Waals surface area contributed by atoms with Crippen molar-refractivity contribution < 1.29 is 14.3 Å². The van der Waals surface area contributed by atoms with Crippen LogP contribution >= 0.6 is 12.2 Å². The van der Waals surface area contributed by atoms with Crippen molar-refractivity contribution >= 4 is 29.0 Å². The zero-order chi connectivity index (χ0) is 22.6. The number of thiocarbonyl (C=S) groups is 1. The Morgan fingerprint density at radius 1 is 1.00 bits per heavy atom. The Labute approximate surface area is 191 Å². The van der Waals surface area contributed by atoms with Gasteiger partial charge in [-0.15, -0.1) is 0 Å². The van der Waals surface area contributed by atoms with Crippen LogP contribution in [-0.2, 0) is 20.9 Å². The van der Waals surface area contributed by atoms with Crippen molar-refractivity contribution in [2.24, 2.45) is 11.8 Å². The molecule has 3 unspecified atom stereocenters. The molecule has 3 atom stereocenters. The molecule has 0 aromatic heterocycles. The average Bonchev–Trinajstić information content (AvgIpc) is 2.79. The second-order valence-electron chi connectivity index (χ2n) is 7.86. The van der Waals surface area contributed by atoms with Crippen molar-refractivity contribution in [3.8, 4) is 0 Å². The lowest BCUT2D eigenvalue weighted by molar-refractivity contribution is -0.154. The quantitative estimate of drug-likeness (QED) is 0.269. The van der Waals surface area contributed by atoms with E-state index < -0.39 is 17.9 Å². The first-order chi connectivity index (χ1) is 15.0. The third kappa shape index (κ3) is 7.59. The lowest BCUT2D eigenvalue weighted by Gasteiger charge is -2.33. The van der Waals surface area contributed by atoms with E-state index in [9.17, 15) is 9.59 Å². The molecule has 0 heterocycles. The molecule has 2 aromatic carbocycles. The Balaban J connectivity index is 2.26. The Kier molecular flexibility index (Phi) is 10.4. The van der Waals surface area contributed by atoms with Crippen LogP contribution in [0.3, 0.4) is 0 Å². The summed E-state index contributed by atoms with van der Waals surface area (Å²) in [6.45, 7) is 5.83. The number of ketones is 1. The summed E-state index contributed by atoms with van der Waals surface area (Å²) in [5.74, 6) is -1.49. The molecule has 0 aliphatic heterocycles. The van der Waals surface area contributed by atoms with Gasteiger partial charge in [0.2, 0.25) is 0 Å². The molecule has 0 saturated heterocycles. The molecular formula is C26H33NO3S. The Morgan fingerprint density at radius 3 is 2.16 bits per heavy atom. The van der Waals surface area contributed by atoms with E-state index >= 15 is 0 Å². The highest BCUT2D eigenvalue weighted by Gasteiger charge is 2.38. The van der Waals surface area contributed by atoms with Gasteiger partial charge in [0.25, 0.3) is 0 Å². The number of rotatable bonds is 12. The number of hydrogen-bond acceptors (Lipinski definition) is 4. The SMILES string of the molecule is CCCCC(CC)C(NC(=S)c1ccccc1)C(C(C)=O)C(=O)OCc1ccccc1. The monoisotopic (exact) mass is 439 g/mol. The lowest BCUT2D eigenvalue weighted by Crippen LogP contribution is -2.50. The molecule has 0 spiro atoms. The van der Waals surface area contributed by atoms with Crippen LogP contribution in [0, 0.1) is 11.8 Å². The van der Waals surface area contributed by atoms with Gasteiger partial charge in [-0.25, -0.2) is 0 Å². The van der Waals surface area contributed by atoms with E-state index in [4.69, 9.17) is 17.0 Å². The zero-order valence-electron chi connectivity index (χ0n) is 18.7. The number of ether oxygens (including phenoxy) is 1. The number of benzene rings is 2. The van der Waals surface area contributed by atoms with Crippen molar-refractivity contribution in [2.45, 2.75) is 59.1 Å². The molecule has 5 heteroatoms. The number of nitrogens with one attached hydrogen (secondary N) is 1. The summed E-state index contributed by atoms with van der Waals surface area (Å²) in [5.41, 5.74) is 1.76. The van der Waals surface area contributed by atoms with E-state index in [0.717, 1.165) is 36.8 Å². The topological polar surface area (TPSA) is 55.4 Å². The van der Waals surface area contributed by atoms with Crippen molar-refractivity contribution in [3.05, 3.63) is 71.8 Å². The fourth-order valence-corrected chi connectivity index (χ4v) is 4.06. The second-order valence-corrected chi connectivity index (χ2v) is 8.27. The van der Waals surface area contributed by atoms with Gasteiger partial charge in [0.15, 0.2) is 0 Å². The Morgan fingerprint density at radius 2 is 1.61 bits per heavy atom. The molecule has 166 valence electrons. The highest BCUT2D eigenvalue weighted by molar-refractivity contribution is 7.80. The lowest BCUT2D eigenvalue weighted by atomic mass is 9.81. The van der Waals surface area contributed by atoms with Crippen LogP contribution < -0.4 is 5.32 Å². The summed E-state index contributed by atoms with van der Waals surface area (Å²) in [6.07, 6.45) is 3.83. The summed E-state index contributed by atoms with van der Waals surface area (Å²) in [7, 11) is 0. The van der Waals surface area contributed by atoms with Crippen LogP contribution in [-0.4, -0.2) is 22.8 Å². The predicted octanol–water partition coefficient (Wildman–Crippen LogP) is 5.49. The van der Waals surface area contributed by atoms with Gasteiger partial charge in [-0.1, -0.05) is 106 Å². The van der Waals surface area contributed by atoms with E-state index in [1.807, 2.05) is 60.7 Å². The summed E-state index contributed by atoms with van der Waals surface area (Å²) < 4.78 is 5.58. The first-order valence-corrected chi connectivity index (χ1v) is 11.5. The maximum absolute atomic E-state index is 13.1. The van der Waals surface area contributed by atoms with Gasteiger partial charge in [0, 0.05) is 5.56 Å². The molecule has 0 amide bonds. The fourth-order valence-electron chi connectivity index (χ4n) is 3.79. The van der Waals surface area contributed by atoms with Gasteiger partial charge in [0.1, 0.15) is 23.3 Å². The minimum atomic E-state index is -0.910. The molecule has 0 radical (unpaired) electrons. The molecule has 2 aromatic rings. The Hall–Kier alpha value is -2.53. The fraction of sp³-hybridized carbons (Fsp3) is 0.423. The maximum Gasteiger partial charge on any atom is 0.318 e. The number of carbonyl (C=O) groups is 2. The van der Waals surface area contributed by atoms with E-state index in [0.29, 0.717) is 4.99 Å². The third-order valence-electron chi connectivity index (χ3n) is 5.57. The summed E-state index contributed by atoms with van der Waals surface area (Å²) >= 11 is 5.64. The van der Waals surface area contributed by atoms with Crippen LogP contribution in [0.25, 0.3) is 0 Å². The third-order valence-corrected chi connectivity index (χ3v) is 5.92. The molecule has 0 saturated carbocycles. The van der Waals surface area contributed by atoms with E-state index in [1.165, 1.54) is 6.92 Å². The molecular weight excluding hydrogens is 406 g/mol. The van der Waals surface area contributed by atoms with Crippen molar-refractivity contribution in [2.75, 3.05) is 0 Å². The van der Waals surface area contributed by atoms with Crippen molar-refractivity contribution in [1.29, 1.82) is 0 Å². The molecule has 0 fully saturated rings. The van der Waals surface area contributed by atoms with Gasteiger partial charge >= 0.3 is 5.97 Å². The van der Waals surface area contributed by atoms with E-state index in [-0.39, 0.29) is 18.3 Å². The normalized spacial score (nSPS) is 13.6. The van der Waals surface area contributed by atoms with Crippen LogP contribution in [0.2, 0.25) is 0 Å². The summed E-state index contributed by atoms with van der Waals surface area (Å²) in [6, 6.07) is 18.7. The van der Waals surface area contributed by atoms with E-state index in [2.05, 4.69) is 19.2 Å². The van der Waals surface area contributed by atoms with Gasteiger partial charge in [-0.3, -0.25) is 9.59 Å². The number of hydrogen-bond donors (Lipinski definition) is 1. The van der Waals surface area contributed by atoms with Gasteiger partial charge in [0.05, 0.1) is 6.04 Å². The summed E-state index contributed by atoms with van der Waals surface area (Å²) in [5, 5.41) is 3.36. The molecule has 0 aliphatic rings. The number of carbonyl (C=O) groups excluding carboxylic acids is 2. The van der Waals surface area contributed by atoms with E-state index in [1.54, 1.807) is 0 Å². The largest absolute Gasteiger partial charge is 0.460 e. The second kappa shape index (κ2) is 13.0. The highest BCUT2D eigenvalue weighted by Crippen LogP contribution is 2.25. The average molecular weight is 440 g/mol. The number of esters is 1. The molecule has 4 nitrogen and oxygen atoms in total. The van der Waals surface area contributed by atoms with Crippen LogP contribution in [0.4, 0.5) is 0 Å². The first kappa shape index (κ1) is 24.7. The van der Waals surface area contributed by atoms with Crippen LogP contribution in [0.5, 0.6) is 0 Å². The summed E-state index contributed by atoms with van der Waals surface area (Å²) in [4.78, 5) is 26.3. The van der Waals surface area contributed by atoms with Crippen LogP contribution in [0.15, 0.2) is 60.7 Å². The maximum atomic E-state index is 13.1. The number of Topliss-reactive ketones (excluding diaryl/α,β-unsaturated/α-hetero) is 1. The standard InChI is InChI=1S/C26H33NO3S/c1-4-6-15-21(5-2)24(27-25(31)22-16-11-8-12-17-22)23(19(3)28)26(29)30-18-20-13-9-7-10-14-20/h7-14,16-17,21,23-24H,4-6,15,18H2,1-3H3,(H,27,31). The molecule has 0 aliphatic carbocycles. The Bertz CT molecular complexity index is 838. The van der Waals surface area contributed by atoms with Crippen molar-refractivity contribution in [3.63, 3.8) is 0 Å². The van der Waals surface area contributed by atoms with Gasteiger partial charge < -0.3 is 10.1 Å². The minimum Gasteiger partial charge on any atom is -0.460 e.